The fourth-order valence-corrected chi connectivity index (χ4v) is 1.95. The third-order valence-electron chi connectivity index (χ3n) is 2.29. The highest BCUT2D eigenvalue weighted by atomic mass is 79.9. The van der Waals surface area contributed by atoms with Crippen LogP contribution in [0.4, 0.5) is 0 Å². The molecule has 0 aliphatic rings. The number of furan rings is 1. The molecule has 4 heteroatoms. The van der Waals surface area contributed by atoms with Gasteiger partial charge in [0.1, 0.15) is 29.2 Å². The summed E-state index contributed by atoms with van der Waals surface area (Å²) < 4.78 is 6.50. The molecule has 0 bridgehead atoms. The molecule has 3 nitrogen and oxygen atoms in total. The zero-order valence-electron chi connectivity index (χ0n) is 9.22. The van der Waals surface area contributed by atoms with Crippen LogP contribution in [0.1, 0.15) is 5.76 Å². The van der Waals surface area contributed by atoms with Gasteiger partial charge in [-0.1, -0.05) is 34.1 Å². The van der Waals surface area contributed by atoms with Gasteiger partial charge in [-0.3, -0.25) is 0 Å². The lowest BCUT2D eigenvalue weighted by molar-refractivity contribution is 0.571. The van der Waals surface area contributed by atoms with Gasteiger partial charge in [0.15, 0.2) is 0 Å². The molecule has 0 fully saturated rings. The van der Waals surface area contributed by atoms with Crippen LogP contribution in [0, 0.1) is 22.7 Å². The quantitative estimate of drug-likeness (QED) is 0.783. The normalized spacial score (nSPS) is 9.28. The van der Waals surface area contributed by atoms with E-state index in [9.17, 15) is 0 Å². The number of rotatable bonds is 2. The topological polar surface area (TPSA) is 60.7 Å². The van der Waals surface area contributed by atoms with Gasteiger partial charge in [-0.2, -0.15) is 10.5 Å². The van der Waals surface area contributed by atoms with E-state index in [-0.39, 0.29) is 5.57 Å². The van der Waals surface area contributed by atoms with E-state index in [4.69, 9.17) is 14.9 Å². The van der Waals surface area contributed by atoms with Gasteiger partial charge < -0.3 is 4.42 Å². The van der Waals surface area contributed by atoms with Crippen molar-refractivity contribution >= 4 is 22.0 Å². The van der Waals surface area contributed by atoms with Crippen LogP contribution in [0.2, 0.25) is 0 Å². The number of allylic oxidation sites excluding steroid dienone is 1. The van der Waals surface area contributed by atoms with Crippen molar-refractivity contribution in [1.82, 2.24) is 0 Å². The summed E-state index contributed by atoms with van der Waals surface area (Å²) in [4.78, 5) is 0. The summed E-state index contributed by atoms with van der Waals surface area (Å²) in [6, 6.07) is 14.8. The number of nitriles is 2. The van der Waals surface area contributed by atoms with Gasteiger partial charge in [0.2, 0.25) is 0 Å². The molecule has 1 aromatic heterocycles. The van der Waals surface area contributed by atoms with Crippen molar-refractivity contribution in [2.24, 2.45) is 0 Å². The third kappa shape index (κ3) is 2.51. The van der Waals surface area contributed by atoms with Crippen molar-refractivity contribution in [3.05, 3.63) is 52.2 Å². The average Bonchev–Trinajstić information content (AvgIpc) is 2.85. The van der Waals surface area contributed by atoms with Crippen LogP contribution < -0.4 is 0 Å². The maximum atomic E-state index is 8.67. The summed E-state index contributed by atoms with van der Waals surface area (Å²) in [5.41, 5.74) is 0.940. The first-order chi connectivity index (χ1) is 8.74. The van der Waals surface area contributed by atoms with Crippen LogP contribution >= 0.6 is 15.9 Å². The van der Waals surface area contributed by atoms with E-state index in [0.717, 1.165) is 10.0 Å². The van der Waals surface area contributed by atoms with E-state index in [2.05, 4.69) is 15.9 Å². The minimum absolute atomic E-state index is 0.0167. The third-order valence-corrected chi connectivity index (χ3v) is 2.99. The zero-order valence-corrected chi connectivity index (χ0v) is 10.8. The second kappa shape index (κ2) is 5.35. The van der Waals surface area contributed by atoms with Gasteiger partial charge >= 0.3 is 0 Å². The first kappa shape index (κ1) is 12.2. The first-order valence-corrected chi connectivity index (χ1v) is 5.90. The van der Waals surface area contributed by atoms with Gasteiger partial charge in [0, 0.05) is 16.1 Å². The summed E-state index contributed by atoms with van der Waals surface area (Å²) in [7, 11) is 0. The van der Waals surface area contributed by atoms with E-state index in [1.807, 2.05) is 24.3 Å². The molecular weight excluding hydrogens is 292 g/mol. The van der Waals surface area contributed by atoms with E-state index >= 15 is 0 Å². The summed E-state index contributed by atoms with van der Waals surface area (Å²) in [5.74, 6) is 1.17. The summed E-state index contributed by atoms with van der Waals surface area (Å²) in [5, 5.41) is 17.3. The molecule has 0 aliphatic carbocycles. The Bertz CT molecular complexity index is 670. The number of hydrogen-bond donors (Lipinski definition) is 0. The van der Waals surface area contributed by atoms with Crippen LogP contribution in [-0.4, -0.2) is 0 Å². The van der Waals surface area contributed by atoms with Crippen molar-refractivity contribution in [3.8, 4) is 23.5 Å². The van der Waals surface area contributed by atoms with Gasteiger partial charge in [-0.05, 0) is 18.2 Å². The van der Waals surface area contributed by atoms with Gasteiger partial charge in [-0.25, -0.2) is 0 Å². The number of benzene rings is 1. The Kier molecular flexibility index (Phi) is 3.62. The largest absolute Gasteiger partial charge is 0.457 e. The smallest absolute Gasteiger partial charge is 0.135 e. The van der Waals surface area contributed by atoms with Crippen LogP contribution in [0.3, 0.4) is 0 Å². The second-order valence-electron chi connectivity index (χ2n) is 3.46. The van der Waals surface area contributed by atoms with Crippen molar-refractivity contribution in [3.63, 3.8) is 0 Å². The highest BCUT2D eigenvalue weighted by Crippen LogP contribution is 2.29. The van der Waals surface area contributed by atoms with Crippen LogP contribution in [0.15, 0.2) is 50.9 Å². The number of hydrogen-bond acceptors (Lipinski definition) is 3. The Hall–Kier alpha value is -2.30. The molecule has 2 rings (SSSR count). The Labute approximate surface area is 113 Å². The molecular formula is C14H7BrN2O. The molecule has 0 radical (unpaired) electrons. The summed E-state index contributed by atoms with van der Waals surface area (Å²) in [6.45, 7) is 0. The lowest BCUT2D eigenvalue weighted by Crippen LogP contribution is -1.75. The molecule has 1 aromatic carbocycles. The zero-order chi connectivity index (χ0) is 13.0. The molecule has 86 valence electrons. The highest BCUT2D eigenvalue weighted by Gasteiger charge is 2.07. The Morgan fingerprint density at radius 3 is 2.50 bits per heavy atom. The monoisotopic (exact) mass is 298 g/mol. The average molecular weight is 299 g/mol. The van der Waals surface area contributed by atoms with E-state index in [0.29, 0.717) is 11.5 Å². The minimum atomic E-state index is 0.0167. The van der Waals surface area contributed by atoms with Crippen molar-refractivity contribution in [2.45, 2.75) is 0 Å². The Balaban J connectivity index is 2.39. The standard InChI is InChI=1S/C14H7BrN2O/c15-13-4-2-1-3-12(13)14-6-5-11(18-14)7-10(8-16)9-17/h1-7H. The van der Waals surface area contributed by atoms with E-state index in [1.165, 1.54) is 6.08 Å². The SMILES string of the molecule is N#CC(C#N)=Cc1ccc(-c2ccccc2Br)o1. The maximum Gasteiger partial charge on any atom is 0.135 e. The molecule has 0 aliphatic heterocycles. The van der Waals surface area contributed by atoms with Gasteiger partial charge in [0.05, 0.1) is 0 Å². The predicted octanol–water partition coefficient (Wildman–Crippen LogP) is 4.14. The maximum absolute atomic E-state index is 8.67. The van der Waals surface area contributed by atoms with Crippen LogP contribution in [0.25, 0.3) is 17.4 Å². The van der Waals surface area contributed by atoms with Crippen molar-refractivity contribution in [1.29, 1.82) is 10.5 Å². The molecule has 0 spiro atoms. The fourth-order valence-electron chi connectivity index (χ4n) is 1.47. The molecule has 1 heterocycles. The van der Waals surface area contributed by atoms with Gasteiger partial charge in [0.25, 0.3) is 0 Å². The fraction of sp³-hybridized carbons (Fsp3) is 0. The Morgan fingerprint density at radius 1 is 1.11 bits per heavy atom. The molecule has 0 atom stereocenters. The van der Waals surface area contributed by atoms with E-state index in [1.54, 1.807) is 24.3 Å². The number of nitrogens with zero attached hydrogens (tertiary/aromatic N) is 2. The molecule has 0 saturated carbocycles. The molecule has 2 aromatic rings. The van der Waals surface area contributed by atoms with Gasteiger partial charge in [-0.15, -0.1) is 0 Å². The molecule has 18 heavy (non-hydrogen) atoms. The molecule has 0 unspecified atom stereocenters. The summed E-state index contributed by atoms with van der Waals surface area (Å²) >= 11 is 3.44. The Morgan fingerprint density at radius 2 is 1.83 bits per heavy atom. The highest BCUT2D eigenvalue weighted by molar-refractivity contribution is 9.10. The number of halogens is 1. The lowest BCUT2D eigenvalue weighted by atomic mass is 10.2. The second-order valence-corrected chi connectivity index (χ2v) is 4.32. The lowest BCUT2D eigenvalue weighted by Gasteiger charge is -1.99. The van der Waals surface area contributed by atoms with Crippen LogP contribution in [0.5, 0.6) is 0 Å². The van der Waals surface area contributed by atoms with Crippen molar-refractivity contribution < 1.29 is 4.42 Å². The molecule has 0 N–H and O–H groups in total. The van der Waals surface area contributed by atoms with Crippen LogP contribution in [-0.2, 0) is 0 Å². The summed E-state index contributed by atoms with van der Waals surface area (Å²) in [6.07, 6.45) is 1.42. The predicted molar refractivity (Wildman–Crippen MR) is 71.0 cm³/mol. The molecule has 0 saturated heterocycles. The van der Waals surface area contributed by atoms with Crippen molar-refractivity contribution in [2.75, 3.05) is 0 Å². The minimum Gasteiger partial charge on any atom is -0.457 e. The van der Waals surface area contributed by atoms with E-state index < -0.39 is 0 Å². The molecule has 0 amide bonds. The first-order valence-electron chi connectivity index (χ1n) is 5.11.